The summed E-state index contributed by atoms with van der Waals surface area (Å²) in [6.07, 6.45) is 3.37. The summed E-state index contributed by atoms with van der Waals surface area (Å²) in [6, 6.07) is 6.17. The van der Waals surface area contributed by atoms with Gasteiger partial charge in [-0.25, -0.2) is 8.78 Å². The first-order valence-corrected chi connectivity index (χ1v) is 8.46. The number of benzene rings is 1. The maximum atomic E-state index is 13.7. The van der Waals surface area contributed by atoms with Gasteiger partial charge < -0.3 is 10.2 Å². The highest BCUT2D eigenvalue weighted by Gasteiger charge is 2.23. The molecule has 2 heterocycles. The Hall–Kier alpha value is -2.83. The highest BCUT2D eigenvalue weighted by Crippen LogP contribution is 2.20. The van der Waals surface area contributed by atoms with E-state index in [1.165, 1.54) is 24.4 Å². The molecule has 2 aromatic rings. The van der Waals surface area contributed by atoms with Gasteiger partial charge in [-0.15, -0.1) is 0 Å². The van der Waals surface area contributed by atoms with Gasteiger partial charge >= 0.3 is 0 Å². The van der Waals surface area contributed by atoms with Crippen LogP contribution in [0, 0.1) is 17.6 Å². The van der Waals surface area contributed by atoms with Crippen molar-refractivity contribution in [2.24, 2.45) is 5.92 Å². The number of halogens is 2. The minimum Gasteiger partial charge on any atom is -0.338 e. The number of amides is 2. The molecule has 3 rings (SSSR count). The Kier molecular flexibility index (Phi) is 5.25. The number of hydrogen-bond donors (Lipinski definition) is 1. The molecule has 136 valence electrons. The van der Waals surface area contributed by atoms with E-state index < -0.39 is 23.2 Å². The summed E-state index contributed by atoms with van der Waals surface area (Å²) in [5, 5.41) is 2.17. The second kappa shape index (κ2) is 7.59. The lowest BCUT2D eigenvalue weighted by Gasteiger charge is -2.31. The maximum Gasteiger partial charge on any atom is 0.274 e. The van der Waals surface area contributed by atoms with Crippen LogP contribution in [0.5, 0.6) is 0 Å². The van der Waals surface area contributed by atoms with Crippen LogP contribution in [0.1, 0.15) is 40.6 Å². The molecule has 5 nitrogen and oxygen atoms in total. The van der Waals surface area contributed by atoms with Gasteiger partial charge in [-0.2, -0.15) is 0 Å². The van der Waals surface area contributed by atoms with Crippen molar-refractivity contribution in [3.05, 3.63) is 59.4 Å². The van der Waals surface area contributed by atoms with Gasteiger partial charge in [0.15, 0.2) is 0 Å². The van der Waals surface area contributed by atoms with E-state index in [0.29, 0.717) is 24.6 Å². The summed E-state index contributed by atoms with van der Waals surface area (Å²) in [7, 11) is 0. The molecule has 1 unspecified atom stereocenters. The number of carbonyl (C=O) groups is 2. The molecular formula is C19H19F2N3O2. The predicted octanol–water partition coefficient (Wildman–Crippen LogP) is 3.48. The molecule has 0 spiro atoms. The molecule has 1 aromatic heterocycles. The van der Waals surface area contributed by atoms with Gasteiger partial charge in [0.05, 0.1) is 0 Å². The van der Waals surface area contributed by atoms with Crippen LogP contribution >= 0.6 is 0 Å². The lowest BCUT2D eigenvalue weighted by atomic mass is 9.99. The molecule has 0 bridgehead atoms. The van der Waals surface area contributed by atoms with Gasteiger partial charge in [0.25, 0.3) is 11.8 Å². The lowest BCUT2D eigenvalue weighted by Crippen LogP contribution is -2.39. The number of carbonyl (C=O) groups excluding carboxylic acids is 2. The van der Waals surface area contributed by atoms with Crippen molar-refractivity contribution in [1.29, 1.82) is 0 Å². The maximum absolute atomic E-state index is 13.7. The normalized spacial score (nSPS) is 17.0. The van der Waals surface area contributed by atoms with E-state index in [2.05, 4.69) is 17.2 Å². The Morgan fingerprint density at radius 2 is 1.96 bits per heavy atom. The molecular weight excluding hydrogens is 340 g/mol. The monoisotopic (exact) mass is 359 g/mol. The smallest absolute Gasteiger partial charge is 0.274 e. The van der Waals surface area contributed by atoms with Crippen LogP contribution < -0.4 is 5.32 Å². The average molecular weight is 359 g/mol. The number of para-hydroxylation sites is 1. The fourth-order valence-corrected chi connectivity index (χ4v) is 3.04. The first kappa shape index (κ1) is 18.0. The standard InChI is InChI=1S/C19H19F2N3O2/c1-12-4-3-9-24(11-12)19(26)13-7-8-22-16(10-13)18(25)23-17-14(20)5-2-6-15(17)21/h2,5-8,10,12H,3-4,9,11H2,1H3,(H,23,25). The minimum absolute atomic E-state index is 0.0800. The Morgan fingerprint density at radius 1 is 1.23 bits per heavy atom. The molecule has 1 aromatic carbocycles. The molecule has 1 saturated heterocycles. The van der Waals surface area contributed by atoms with Gasteiger partial charge in [0, 0.05) is 24.8 Å². The summed E-state index contributed by atoms with van der Waals surface area (Å²) < 4.78 is 27.4. The molecule has 1 atom stereocenters. The number of likely N-dealkylation sites (tertiary alicyclic amines) is 1. The molecule has 0 aliphatic carbocycles. The molecule has 26 heavy (non-hydrogen) atoms. The van der Waals surface area contributed by atoms with Gasteiger partial charge in [0.2, 0.25) is 0 Å². The van der Waals surface area contributed by atoms with Gasteiger partial charge in [-0.1, -0.05) is 13.0 Å². The van der Waals surface area contributed by atoms with Crippen LogP contribution in [0.2, 0.25) is 0 Å². The second-order valence-corrected chi connectivity index (χ2v) is 6.48. The molecule has 1 aliphatic rings. The van der Waals surface area contributed by atoms with Gasteiger partial charge in [-0.05, 0) is 43.0 Å². The average Bonchev–Trinajstić information content (AvgIpc) is 2.64. The third-order valence-corrected chi connectivity index (χ3v) is 4.39. The Morgan fingerprint density at radius 3 is 2.65 bits per heavy atom. The predicted molar refractivity (Wildman–Crippen MR) is 92.8 cm³/mol. The SMILES string of the molecule is CC1CCCN(C(=O)c2ccnc(C(=O)Nc3c(F)cccc3F)c2)C1. The van der Waals surface area contributed by atoms with E-state index in [0.717, 1.165) is 25.0 Å². The van der Waals surface area contributed by atoms with Crippen molar-refractivity contribution < 1.29 is 18.4 Å². The molecule has 2 amide bonds. The summed E-state index contributed by atoms with van der Waals surface area (Å²) in [5.74, 6) is -2.29. The Balaban J connectivity index is 1.78. The largest absolute Gasteiger partial charge is 0.338 e. The summed E-state index contributed by atoms with van der Waals surface area (Å²) >= 11 is 0. The van der Waals surface area contributed by atoms with Crippen molar-refractivity contribution >= 4 is 17.5 Å². The van der Waals surface area contributed by atoms with E-state index >= 15 is 0 Å². The zero-order valence-electron chi connectivity index (χ0n) is 14.3. The van der Waals surface area contributed by atoms with Gasteiger partial charge in [0.1, 0.15) is 23.0 Å². The highest BCUT2D eigenvalue weighted by molar-refractivity contribution is 6.04. The molecule has 0 saturated carbocycles. The van der Waals surface area contributed by atoms with Crippen LogP contribution in [0.4, 0.5) is 14.5 Å². The van der Waals surface area contributed by atoms with E-state index in [4.69, 9.17) is 0 Å². The zero-order valence-corrected chi connectivity index (χ0v) is 14.3. The molecule has 0 radical (unpaired) electrons. The number of nitrogens with zero attached hydrogens (tertiary/aromatic N) is 2. The first-order chi connectivity index (χ1) is 12.5. The second-order valence-electron chi connectivity index (χ2n) is 6.48. The topological polar surface area (TPSA) is 62.3 Å². The van der Waals surface area contributed by atoms with E-state index in [1.807, 2.05) is 0 Å². The van der Waals surface area contributed by atoms with Crippen LogP contribution in [0.3, 0.4) is 0 Å². The van der Waals surface area contributed by atoms with Crippen molar-refractivity contribution in [1.82, 2.24) is 9.88 Å². The zero-order chi connectivity index (χ0) is 18.7. The molecule has 1 fully saturated rings. The molecule has 1 N–H and O–H groups in total. The number of anilines is 1. The summed E-state index contributed by atoms with van der Waals surface area (Å²) in [5.41, 5.74) is -0.294. The third kappa shape index (κ3) is 3.87. The van der Waals surface area contributed by atoms with Crippen LogP contribution in [-0.2, 0) is 0 Å². The lowest BCUT2D eigenvalue weighted by molar-refractivity contribution is 0.0683. The molecule has 1 aliphatic heterocycles. The van der Waals surface area contributed by atoms with Crippen molar-refractivity contribution in [2.45, 2.75) is 19.8 Å². The van der Waals surface area contributed by atoms with Gasteiger partial charge in [-0.3, -0.25) is 14.6 Å². The van der Waals surface area contributed by atoms with Crippen LogP contribution in [0.25, 0.3) is 0 Å². The number of piperidine rings is 1. The number of aromatic nitrogens is 1. The van der Waals surface area contributed by atoms with E-state index in [9.17, 15) is 18.4 Å². The Bertz CT molecular complexity index is 821. The van der Waals surface area contributed by atoms with Crippen molar-refractivity contribution in [3.63, 3.8) is 0 Å². The van der Waals surface area contributed by atoms with Crippen LogP contribution in [0.15, 0.2) is 36.5 Å². The fourth-order valence-electron chi connectivity index (χ4n) is 3.04. The van der Waals surface area contributed by atoms with E-state index in [1.54, 1.807) is 4.90 Å². The highest BCUT2D eigenvalue weighted by atomic mass is 19.1. The van der Waals surface area contributed by atoms with Crippen molar-refractivity contribution in [2.75, 3.05) is 18.4 Å². The number of pyridine rings is 1. The number of nitrogens with one attached hydrogen (secondary N) is 1. The number of hydrogen-bond acceptors (Lipinski definition) is 3. The third-order valence-electron chi connectivity index (χ3n) is 4.39. The van der Waals surface area contributed by atoms with Crippen molar-refractivity contribution in [3.8, 4) is 0 Å². The quantitative estimate of drug-likeness (QED) is 0.913. The first-order valence-electron chi connectivity index (χ1n) is 8.46. The summed E-state index contributed by atoms with van der Waals surface area (Å²) in [6.45, 7) is 3.43. The Labute approximate surface area is 150 Å². The number of rotatable bonds is 3. The summed E-state index contributed by atoms with van der Waals surface area (Å²) in [4.78, 5) is 30.6. The fraction of sp³-hybridized carbons (Fsp3) is 0.316. The molecule has 7 heteroatoms. The van der Waals surface area contributed by atoms with E-state index in [-0.39, 0.29) is 11.6 Å². The van der Waals surface area contributed by atoms with Crippen LogP contribution in [-0.4, -0.2) is 34.8 Å². The minimum atomic E-state index is -0.882.